The second-order valence-corrected chi connectivity index (χ2v) is 7.72. The highest BCUT2D eigenvalue weighted by atomic mass is 19.4. The molecule has 166 valence electrons. The van der Waals surface area contributed by atoms with Gasteiger partial charge in [-0.05, 0) is 43.7 Å². The summed E-state index contributed by atoms with van der Waals surface area (Å²) in [5.41, 5.74) is 0.470. The zero-order valence-corrected chi connectivity index (χ0v) is 17.5. The average Bonchev–Trinajstić information content (AvgIpc) is 2.78. The van der Waals surface area contributed by atoms with Crippen molar-refractivity contribution in [2.24, 2.45) is 0 Å². The predicted molar refractivity (Wildman–Crippen MR) is 111 cm³/mol. The zero-order chi connectivity index (χ0) is 22.6. The van der Waals surface area contributed by atoms with E-state index in [-0.39, 0.29) is 29.5 Å². The first-order valence-electron chi connectivity index (χ1n) is 10.2. The van der Waals surface area contributed by atoms with Gasteiger partial charge < -0.3 is 10.2 Å². The average molecular weight is 433 g/mol. The molecular formula is C23H26F3N3O2. The van der Waals surface area contributed by atoms with Gasteiger partial charge in [0.05, 0.1) is 17.6 Å². The topological polar surface area (TPSA) is 52.7 Å². The van der Waals surface area contributed by atoms with Crippen molar-refractivity contribution in [2.45, 2.75) is 32.1 Å². The Kier molecular flexibility index (Phi) is 7.00. The lowest BCUT2D eigenvalue weighted by Gasteiger charge is -2.37. The van der Waals surface area contributed by atoms with Crippen LogP contribution >= 0.6 is 0 Å². The normalized spacial score (nSPS) is 17.1. The number of halogens is 3. The first-order chi connectivity index (χ1) is 14.7. The van der Waals surface area contributed by atoms with Gasteiger partial charge in [-0.15, -0.1) is 0 Å². The van der Waals surface area contributed by atoms with Crippen LogP contribution < -0.4 is 5.32 Å². The Morgan fingerprint density at radius 1 is 0.903 bits per heavy atom. The molecule has 0 aromatic heterocycles. The molecule has 0 saturated carbocycles. The van der Waals surface area contributed by atoms with Gasteiger partial charge in [-0.25, -0.2) is 0 Å². The Hall–Kier alpha value is -2.87. The third-order valence-electron chi connectivity index (χ3n) is 5.65. The van der Waals surface area contributed by atoms with E-state index in [1.807, 2.05) is 49.1 Å². The summed E-state index contributed by atoms with van der Waals surface area (Å²) in [6.07, 6.45) is -4.43. The van der Waals surface area contributed by atoms with Crippen LogP contribution in [0.15, 0.2) is 54.6 Å². The highest BCUT2D eigenvalue weighted by molar-refractivity contribution is 5.94. The maximum absolute atomic E-state index is 12.7. The number of hydrogen-bond donors (Lipinski definition) is 1. The van der Waals surface area contributed by atoms with Gasteiger partial charge in [0.15, 0.2) is 0 Å². The van der Waals surface area contributed by atoms with Crippen LogP contribution in [-0.4, -0.2) is 53.8 Å². The van der Waals surface area contributed by atoms with Gasteiger partial charge in [0, 0.05) is 31.7 Å². The summed E-state index contributed by atoms with van der Waals surface area (Å²) in [4.78, 5) is 28.9. The van der Waals surface area contributed by atoms with E-state index in [1.165, 1.54) is 12.1 Å². The SMILES string of the molecule is CC(NC(=O)C(C)N1CCN(C(=O)c2ccc(C(F)(F)F)cc2)CC1)c1ccccc1. The first kappa shape index (κ1) is 22.8. The molecule has 1 aliphatic heterocycles. The molecular weight excluding hydrogens is 407 g/mol. The number of alkyl halides is 3. The van der Waals surface area contributed by atoms with Crippen LogP contribution in [0.5, 0.6) is 0 Å². The summed E-state index contributed by atoms with van der Waals surface area (Å²) >= 11 is 0. The van der Waals surface area contributed by atoms with Gasteiger partial charge in [-0.1, -0.05) is 30.3 Å². The molecule has 3 rings (SSSR count). The lowest BCUT2D eigenvalue weighted by Crippen LogP contribution is -2.55. The van der Waals surface area contributed by atoms with Crippen molar-refractivity contribution in [1.82, 2.24) is 15.1 Å². The molecule has 2 aromatic rings. The Labute approximate surface area is 179 Å². The number of nitrogens with one attached hydrogen (secondary N) is 1. The Bertz CT molecular complexity index is 893. The van der Waals surface area contributed by atoms with Crippen LogP contribution in [0.25, 0.3) is 0 Å². The number of carbonyl (C=O) groups excluding carboxylic acids is 2. The number of carbonyl (C=O) groups is 2. The van der Waals surface area contributed by atoms with Crippen LogP contribution in [0.1, 0.15) is 41.4 Å². The van der Waals surface area contributed by atoms with E-state index < -0.39 is 11.7 Å². The Morgan fingerprint density at radius 2 is 1.48 bits per heavy atom. The lowest BCUT2D eigenvalue weighted by molar-refractivity contribution is -0.137. The highest BCUT2D eigenvalue weighted by Crippen LogP contribution is 2.29. The minimum absolute atomic E-state index is 0.0844. The number of rotatable bonds is 5. The van der Waals surface area contributed by atoms with E-state index in [4.69, 9.17) is 0 Å². The molecule has 8 heteroatoms. The standard InChI is InChI=1S/C23H26F3N3O2/c1-16(18-6-4-3-5-7-18)27-21(30)17(2)28-12-14-29(15-13-28)22(31)19-8-10-20(11-9-19)23(24,25)26/h3-11,16-17H,12-15H2,1-2H3,(H,27,30). The minimum atomic E-state index is -4.43. The second kappa shape index (κ2) is 9.51. The van der Waals surface area contributed by atoms with Crippen LogP contribution in [0.3, 0.4) is 0 Å². The molecule has 1 fully saturated rings. The van der Waals surface area contributed by atoms with Crippen molar-refractivity contribution in [3.63, 3.8) is 0 Å². The van der Waals surface area contributed by atoms with Crippen molar-refractivity contribution >= 4 is 11.8 Å². The van der Waals surface area contributed by atoms with Gasteiger partial charge in [-0.3, -0.25) is 14.5 Å². The summed E-state index contributed by atoms with van der Waals surface area (Å²) in [5.74, 6) is -0.387. The molecule has 0 aliphatic carbocycles. The van der Waals surface area contributed by atoms with Crippen LogP contribution in [0.4, 0.5) is 13.2 Å². The fourth-order valence-corrected chi connectivity index (χ4v) is 3.62. The van der Waals surface area contributed by atoms with E-state index in [1.54, 1.807) is 4.90 Å². The molecule has 1 heterocycles. The molecule has 2 unspecified atom stereocenters. The predicted octanol–water partition coefficient (Wildman–Crippen LogP) is 3.73. The quantitative estimate of drug-likeness (QED) is 0.782. The van der Waals surface area contributed by atoms with Crippen molar-refractivity contribution in [3.8, 4) is 0 Å². The van der Waals surface area contributed by atoms with Gasteiger partial charge in [-0.2, -0.15) is 13.2 Å². The maximum Gasteiger partial charge on any atom is 0.416 e. The third-order valence-corrected chi connectivity index (χ3v) is 5.65. The summed E-state index contributed by atoms with van der Waals surface area (Å²) in [5, 5.41) is 3.02. The smallest absolute Gasteiger partial charge is 0.348 e. The molecule has 31 heavy (non-hydrogen) atoms. The van der Waals surface area contributed by atoms with Crippen molar-refractivity contribution in [2.75, 3.05) is 26.2 Å². The largest absolute Gasteiger partial charge is 0.416 e. The van der Waals surface area contributed by atoms with Crippen LogP contribution in [0.2, 0.25) is 0 Å². The lowest BCUT2D eigenvalue weighted by atomic mass is 10.1. The van der Waals surface area contributed by atoms with Crippen molar-refractivity contribution in [3.05, 3.63) is 71.3 Å². The molecule has 1 N–H and O–H groups in total. The fourth-order valence-electron chi connectivity index (χ4n) is 3.62. The molecule has 2 aromatic carbocycles. The fraction of sp³-hybridized carbons (Fsp3) is 0.391. The third kappa shape index (κ3) is 5.64. The molecule has 1 saturated heterocycles. The van der Waals surface area contributed by atoms with Gasteiger partial charge in [0.1, 0.15) is 0 Å². The minimum Gasteiger partial charge on any atom is -0.348 e. The molecule has 0 bridgehead atoms. The van der Waals surface area contributed by atoms with E-state index >= 15 is 0 Å². The summed E-state index contributed by atoms with van der Waals surface area (Å²) in [7, 11) is 0. The monoisotopic (exact) mass is 433 g/mol. The van der Waals surface area contributed by atoms with Gasteiger partial charge in [0.2, 0.25) is 5.91 Å². The molecule has 2 amide bonds. The number of nitrogens with zero attached hydrogens (tertiary/aromatic N) is 2. The molecule has 0 radical (unpaired) electrons. The van der Waals surface area contributed by atoms with E-state index in [2.05, 4.69) is 5.32 Å². The van der Waals surface area contributed by atoms with Crippen LogP contribution in [0, 0.1) is 0 Å². The summed E-state index contributed by atoms with van der Waals surface area (Å²) in [6, 6.07) is 13.5. The number of amides is 2. The molecule has 0 spiro atoms. The highest BCUT2D eigenvalue weighted by Gasteiger charge is 2.31. The Balaban J connectivity index is 1.52. The van der Waals surface area contributed by atoms with E-state index in [0.29, 0.717) is 26.2 Å². The Morgan fingerprint density at radius 3 is 2.03 bits per heavy atom. The van der Waals surface area contributed by atoms with E-state index in [9.17, 15) is 22.8 Å². The number of hydrogen-bond acceptors (Lipinski definition) is 3. The van der Waals surface area contributed by atoms with Crippen molar-refractivity contribution < 1.29 is 22.8 Å². The maximum atomic E-state index is 12.7. The first-order valence-corrected chi connectivity index (χ1v) is 10.2. The number of piperazine rings is 1. The van der Waals surface area contributed by atoms with Gasteiger partial charge >= 0.3 is 6.18 Å². The molecule has 1 aliphatic rings. The zero-order valence-electron chi connectivity index (χ0n) is 17.5. The molecule has 2 atom stereocenters. The summed E-state index contributed by atoms with van der Waals surface area (Å²) in [6.45, 7) is 5.61. The number of benzene rings is 2. The van der Waals surface area contributed by atoms with Crippen molar-refractivity contribution in [1.29, 1.82) is 0 Å². The van der Waals surface area contributed by atoms with Gasteiger partial charge in [0.25, 0.3) is 5.91 Å². The second-order valence-electron chi connectivity index (χ2n) is 7.72. The van der Waals surface area contributed by atoms with Crippen LogP contribution in [-0.2, 0) is 11.0 Å². The summed E-state index contributed by atoms with van der Waals surface area (Å²) < 4.78 is 38.1. The molecule has 5 nitrogen and oxygen atoms in total. The van der Waals surface area contributed by atoms with E-state index in [0.717, 1.165) is 17.7 Å².